The number of rotatable bonds is 25. The summed E-state index contributed by atoms with van der Waals surface area (Å²) in [7, 11) is 1.43. The van der Waals surface area contributed by atoms with Gasteiger partial charge in [0.25, 0.3) is 5.69 Å². The Balaban J connectivity index is 1.11. The lowest BCUT2D eigenvalue weighted by molar-refractivity contribution is -0.385. The Hall–Kier alpha value is -5.30. The molecule has 18 heteroatoms. The fourth-order valence-corrected chi connectivity index (χ4v) is 4.47. The summed E-state index contributed by atoms with van der Waals surface area (Å²) in [6, 6.07) is 11.3. The maximum absolute atomic E-state index is 12.1. The largest absolute Gasteiger partial charge is 0.493 e. The van der Waals surface area contributed by atoms with Crippen molar-refractivity contribution >= 4 is 23.4 Å². The highest BCUT2D eigenvalue weighted by molar-refractivity contribution is 5.75. The van der Waals surface area contributed by atoms with E-state index in [2.05, 4.69) is 25.9 Å². The van der Waals surface area contributed by atoms with Crippen molar-refractivity contribution in [2.45, 2.75) is 39.0 Å². The molecule has 3 aromatic rings. The summed E-state index contributed by atoms with van der Waals surface area (Å²) >= 11 is 0. The number of nitro benzene ring substituents is 1. The zero-order valence-corrected chi connectivity index (χ0v) is 29.5. The van der Waals surface area contributed by atoms with Crippen LogP contribution in [0, 0.1) is 10.1 Å². The highest BCUT2D eigenvalue weighted by Gasteiger charge is 2.22. The van der Waals surface area contributed by atoms with E-state index in [0.29, 0.717) is 89.4 Å². The van der Waals surface area contributed by atoms with E-state index in [9.17, 15) is 19.7 Å². The van der Waals surface area contributed by atoms with Crippen molar-refractivity contribution in [1.82, 2.24) is 25.9 Å². The number of hydrogen-bond donors (Lipinski definition) is 5. The molecule has 0 bridgehead atoms. The van der Waals surface area contributed by atoms with E-state index in [1.54, 1.807) is 13.0 Å². The summed E-state index contributed by atoms with van der Waals surface area (Å²) in [5.41, 5.74) is 13.5. The molecule has 0 saturated carbocycles. The second-order valence-electron chi connectivity index (χ2n) is 11.2. The van der Waals surface area contributed by atoms with E-state index in [4.69, 9.17) is 39.9 Å². The molecular weight excluding hydrogens is 680 g/mol. The van der Waals surface area contributed by atoms with Gasteiger partial charge in [-0.25, -0.2) is 9.78 Å². The lowest BCUT2D eigenvalue weighted by Crippen LogP contribution is -2.37. The van der Waals surface area contributed by atoms with Crippen LogP contribution in [0.3, 0.4) is 0 Å². The van der Waals surface area contributed by atoms with Gasteiger partial charge in [-0.3, -0.25) is 14.9 Å². The number of nitrogens with two attached hydrogens (primary N) is 2. The molecule has 0 aliphatic carbocycles. The minimum atomic E-state index is -0.555. The number of benzene rings is 2. The molecule has 1 unspecified atom stereocenters. The van der Waals surface area contributed by atoms with E-state index in [1.165, 1.54) is 25.4 Å². The van der Waals surface area contributed by atoms with Crippen LogP contribution in [0.5, 0.6) is 17.5 Å². The van der Waals surface area contributed by atoms with Crippen molar-refractivity contribution in [2.24, 2.45) is 5.73 Å². The van der Waals surface area contributed by atoms with Gasteiger partial charge in [0.1, 0.15) is 12.4 Å². The Kier molecular flexibility index (Phi) is 18.4. The van der Waals surface area contributed by atoms with E-state index in [0.717, 1.165) is 11.1 Å². The van der Waals surface area contributed by atoms with Gasteiger partial charge in [0.15, 0.2) is 11.5 Å². The fraction of sp³-hybridized carbons (Fsp3) is 0.471. The zero-order valence-electron chi connectivity index (χ0n) is 29.5. The van der Waals surface area contributed by atoms with Gasteiger partial charge in [-0.2, -0.15) is 4.98 Å². The number of nitro groups is 1. The quantitative estimate of drug-likeness (QED) is 0.0478. The first-order valence-corrected chi connectivity index (χ1v) is 16.7. The zero-order chi connectivity index (χ0) is 37.6. The van der Waals surface area contributed by atoms with E-state index < -0.39 is 11.0 Å². The van der Waals surface area contributed by atoms with Crippen molar-refractivity contribution in [2.75, 3.05) is 72.2 Å². The van der Waals surface area contributed by atoms with Crippen LogP contribution in [0.15, 0.2) is 48.7 Å². The van der Waals surface area contributed by atoms with Gasteiger partial charge >= 0.3 is 12.0 Å². The topological polar surface area (TPSA) is 247 Å². The van der Waals surface area contributed by atoms with Gasteiger partial charge in [-0.05, 0) is 36.6 Å². The van der Waals surface area contributed by atoms with Crippen LogP contribution in [0.1, 0.15) is 42.5 Å². The Bertz CT molecular complexity index is 1550. The number of urea groups is 1. The van der Waals surface area contributed by atoms with Crippen LogP contribution in [-0.4, -0.2) is 93.3 Å². The standard InChI is InChI=1S/C34H48N8O10/c1-24(35)27-20-29(47-2)30(21-28(27)42(45)46)51-13-3-4-32(43)37-11-14-48-16-18-50-19-17-49-15-12-38-33(44)40-22-25-5-7-26(8-6-25)23-52-34-39-10-9-31(36)41-34/h5-10,20-21,24H,3-4,11-19,22-23,35H2,1-2H3,(H,37,43)(H2,36,39,41)(H2,38,40,44). The predicted octanol–water partition coefficient (Wildman–Crippen LogP) is 2.40. The number of ether oxygens (including phenoxy) is 6. The number of nitrogen functional groups attached to an aromatic ring is 1. The number of aromatic nitrogens is 2. The number of nitrogens with one attached hydrogen (secondary N) is 3. The number of carbonyl (C=O) groups is 2. The maximum Gasteiger partial charge on any atom is 0.318 e. The molecule has 1 aromatic heterocycles. The van der Waals surface area contributed by atoms with Crippen molar-refractivity contribution in [3.8, 4) is 17.5 Å². The van der Waals surface area contributed by atoms with Crippen LogP contribution < -0.4 is 41.6 Å². The van der Waals surface area contributed by atoms with Gasteiger partial charge < -0.3 is 55.8 Å². The first-order chi connectivity index (χ1) is 25.2. The second kappa shape index (κ2) is 23.2. The molecule has 0 fully saturated rings. The van der Waals surface area contributed by atoms with Crippen LogP contribution in [0.2, 0.25) is 0 Å². The molecule has 0 saturated heterocycles. The van der Waals surface area contributed by atoms with Crippen LogP contribution >= 0.6 is 0 Å². The average Bonchev–Trinajstić information content (AvgIpc) is 3.13. The minimum absolute atomic E-state index is 0.152. The fourth-order valence-electron chi connectivity index (χ4n) is 4.47. The Morgan fingerprint density at radius 1 is 0.865 bits per heavy atom. The monoisotopic (exact) mass is 728 g/mol. The molecule has 1 atom stereocenters. The summed E-state index contributed by atoms with van der Waals surface area (Å²) in [6.45, 7) is 5.28. The van der Waals surface area contributed by atoms with Gasteiger partial charge in [-0.15, -0.1) is 0 Å². The van der Waals surface area contributed by atoms with Crippen molar-refractivity contribution in [3.05, 3.63) is 75.5 Å². The van der Waals surface area contributed by atoms with Gasteiger partial charge in [0, 0.05) is 38.3 Å². The van der Waals surface area contributed by atoms with Crippen molar-refractivity contribution in [3.63, 3.8) is 0 Å². The third kappa shape index (κ3) is 15.7. The van der Waals surface area contributed by atoms with Crippen LogP contribution in [0.4, 0.5) is 16.3 Å². The molecule has 7 N–H and O–H groups in total. The number of anilines is 1. The molecule has 0 spiro atoms. The summed E-state index contributed by atoms with van der Waals surface area (Å²) in [5, 5.41) is 19.7. The summed E-state index contributed by atoms with van der Waals surface area (Å²) in [6.07, 6.45) is 2.14. The minimum Gasteiger partial charge on any atom is -0.493 e. The Morgan fingerprint density at radius 3 is 2.15 bits per heavy atom. The molecule has 52 heavy (non-hydrogen) atoms. The molecule has 2 aromatic carbocycles. The molecule has 18 nitrogen and oxygen atoms in total. The summed E-state index contributed by atoms with van der Waals surface area (Å²) in [5.74, 6) is 0.711. The highest BCUT2D eigenvalue weighted by atomic mass is 16.6. The van der Waals surface area contributed by atoms with Crippen LogP contribution in [0.25, 0.3) is 0 Å². The van der Waals surface area contributed by atoms with Gasteiger partial charge in [0.05, 0.1) is 69.9 Å². The van der Waals surface area contributed by atoms with Crippen molar-refractivity contribution < 1.29 is 42.9 Å². The third-order valence-corrected chi connectivity index (χ3v) is 7.15. The summed E-state index contributed by atoms with van der Waals surface area (Å²) < 4.78 is 32.9. The number of amides is 3. The predicted molar refractivity (Wildman–Crippen MR) is 190 cm³/mol. The molecule has 3 amide bonds. The first-order valence-electron chi connectivity index (χ1n) is 16.7. The number of hydrogen-bond acceptors (Lipinski definition) is 14. The number of nitrogens with zero attached hydrogens (tertiary/aromatic N) is 3. The Morgan fingerprint density at radius 2 is 1.52 bits per heavy atom. The third-order valence-electron chi connectivity index (χ3n) is 7.15. The summed E-state index contributed by atoms with van der Waals surface area (Å²) in [4.78, 5) is 43.0. The average molecular weight is 729 g/mol. The van der Waals surface area contributed by atoms with Crippen molar-refractivity contribution in [1.29, 1.82) is 0 Å². The Labute approximate surface area is 302 Å². The highest BCUT2D eigenvalue weighted by Crippen LogP contribution is 2.37. The lowest BCUT2D eigenvalue weighted by Gasteiger charge is -2.14. The molecule has 284 valence electrons. The lowest BCUT2D eigenvalue weighted by atomic mass is 10.1. The van der Waals surface area contributed by atoms with E-state index in [1.807, 2.05) is 24.3 Å². The molecular formula is C34H48N8O10. The maximum atomic E-state index is 12.1. The van der Waals surface area contributed by atoms with Gasteiger partial charge in [-0.1, -0.05) is 24.3 Å². The SMILES string of the molecule is COc1cc(C(C)N)c([N+](=O)[O-])cc1OCCCC(=O)NCCOCCOCCOCCNC(=O)NCc1ccc(COc2nccc(N)n2)cc1. The van der Waals surface area contributed by atoms with E-state index in [-0.39, 0.29) is 42.4 Å². The molecule has 1 heterocycles. The van der Waals surface area contributed by atoms with Gasteiger partial charge in [0.2, 0.25) is 5.91 Å². The first kappa shape index (κ1) is 41.1. The van der Waals surface area contributed by atoms with E-state index >= 15 is 0 Å². The molecule has 0 radical (unpaired) electrons. The second-order valence-corrected chi connectivity index (χ2v) is 11.2. The number of carbonyl (C=O) groups excluding carboxylic acids is 2. The number of methoxy groups -OCH3 is 1. The normalized spacial score (nSPS) is 11.4. The molecule has 3 rings (SSSR count). The smallest absolute Gasteiger partial charge is 0.318 e. The molecule has 0 aliphatic rings. The van der Waals surface area contributed by atoms with Crippen LogP contribution in [-0.2, 0) is 32.2 Å². The molecule has 0 aliphatic heterocycles.